The Labute approximate surface area is 83.2 Å². The summed E-state index contributed by atoms with van der Waals surface area (Å²) in [7, 11) is 0. The maximum atomic E-state index is 2.31. The molecule has 68 valence electrons. The van der Waals surface area contributed by atoms with Crippen molar-refractivity contribution in [1.82, 2.24) is 0 Å². The van der Waals surface area contributed by atoms with Gasteiger partial charge in [0, 0.05) is 9.58 Å². The Kier molecular flexibility index (Phi) is 2.12. The fraction of sp³-hybridized carbons (Fsp3) is 0.333. The SMILES string of the molecule is CCc1cc2ccc(C)c(C)c2s1. The van der Waals surface area contributed by atoms with E-state index in [9.17, 15) is 0 Å². The van der Waals surface area contributed by atoms with Crippen LogP contribution in [0.2, 0.25) is 0 Å². The molecule has 0 saturated carbocycles. The molecule has 0 amide bonds. The molecule has 0 spiro atoms. The molecule has 1 heterocycles. The maximum absolute atomic E-state index is 2.31. The molecule has 1 aromatic heterocycles. The first-order valence-corrected chi connectivity index (χ1v) is 5.52. The summed E-state index contributed by atoms with van der Waals surface area (Å²) in [5.41, 5.74) is 2.85. The van der Waals surface area contributed by atoms with Crippen LogP contribution >= 0.6 is 11.3 Å². The first-order valence-electron chi connectivity index (χ1n) is 4.71. The minimum absolute atomic E-state index is 1.15. The molecule has 2 rings (SSSR count). The van der Waals surface area contributed by atoms with Crippen LogP contribution in [-0.4, -0.2) is 0 Å². The van der Waals surface area contributed by atoms with Crippen LogP contribution in [0.3, 0.4) is 0 Å². The lowest BCUT2D eigenvalue weighted by Gasteiger charge is -1.99. The highest BCUT2D eigenvalue weighted by Gasteiger charge is 2.04. The first-order chi connectivity index (χ1) is 6.22. The Morgan fingerprint density at radius 1 is 1.23 bits per heavy atom. The van der Waals surface area contributed by atoms with E-state index in [-0.39, 0.29) is 0 Å². The van der Waals surface area contributed by atoms with E-state index < -0.39 is 0 Å². The van der Waals surface area contributed by atoms with Crippen molar-refractivity contribution in [2.75, 3.05) is 0 Å². The predicted octanol–water partition coefficient (Wildman–Crippen LogP) is 4.08. The number of benzene rings is 1. The zero-order chi connectivity index (χ0) is 9.42. The van der Waals surface area contributed by atoms with Gasteiger partial charge < -0.3 is 0 Å². The van der Waals surface area contributed by atoms with Crippen LogP contribution in [0.15, 0.2) is 18.2 Å². The average molecular weight is 190 g/mol. The van der Waals surface area contributed by atoms with Gasteiger partial charge in [0.2, 0.25) is 0 Å². The fourth-order valence-electron chi connectivity index (χ4n) is 1.57. The third-order valence-electron chi connectivity index (χ3n) is 2.61. The van der Waals surface area contributed by atoms with Crippen LogP contribution in [0.5, 0.6) is 0 Å². The lowest BCUT2D eigenvalue weighted by atomic mass is 10.1. The van der Waals surface area contributed by atoms with Gasteiger partial charge in [-0.2, -0.15) is 0 Å². The molecule has 1 aromatic carbocycles. The van der Waals surface area contributed by atoms with E-state index in [1.807, 2.05) is 11.3 Å². The van der Waals surface area contributed by atoms with Gasteiger partial charge in [-0.05, 0) is 42.8 Å². The summed E-state index contributed by atoms with van der Waals surface area (Å²) in [6.45, 7) is 6.61. The third-order valence-corrected chi connectivity index (χ3v) is 4.02. The number of rotatable bonds is 1. The molecular weight excluding hydrogens is 176 g/mol. The number of thiophene rings is 1. The van der Waals surface area contributed by atoms with Gasteiger partial charge >= 0.3 is 0 Å². The van der Waals surface area contributed by atoms with Crippen molar-refractivity contribution >= 4 is 21.4 Å². The number of hydrogen-bond donors (Lipinski definition) is 0. The summed E-state index contributed by atoms with van der Waals surface area (Å²) in [4.78, 5) is 1.49. The van der Waals surface area contributed by atoms with Crippen LogP contribution in [0.25, 0.3) is 10.1 Å². The molecule has 0 atom stereocenters. The molecule has 0 saturated heterocycles. The fourth-order valence-corrected chi connectivity index (χ4v) is 2.72. The van der Waals surface area contributed by atoms with Crippen molar-refractivity contribution in [3.63, 3.8) is 0 Å². The number of fused-ring (bicyclic) bond motifs is 1. The van der Waals surface area contributed by atoms with Crippen LogP contribution in [0, 0.1) is 13.8 Å². The minimum atomic E-state index is 1.15. The smallest absolute Gasteiger partial charge is 0.0377 e. The Bertz CT molecular complexity index is 438. The third kappa shape index (κ3) is 1.37. The Balaban J connectivity index is 2.76. The van der Waals surface area contributed by atoms with Crippen LogP contribution in [0.1, 0.15) is 22.9 Å². The second-order valence-electron chi connectivity index (χ2n) is 3.49. The zero-order valence-corrected chi connectivity index (χ0v) is 9.16. The van der Waals surface area contributed by atoms with Gasteiger partial charge in [-0.25, -0.2) is 0 Å². The molecule has 0 unspecified atom stereocenters. The van der Waals surface area contributed by atoms with Crippen molar-refractivity contribution in [1.29, 1.82) is 0 Å². The second kappa shape index (κ2) is 3.15. The Morgan fingerprint density at radius 2 is 2.00 bits per heavy atom. The quantitative estimate of drug-likeness (QED) is 0.635. The molecule has 0 aliphatic carbocycles. The molecule has 0 N–H and O–H groups in total. The molecule has 13 heavy (non-hydrogen) atoms. The van der Waals surface area contributed by atoms with Crippen molar-refractivity contribution in [2.24, 2.45) is 0 Å². The predicted molar refractivity (Wildman–Crippen MR) is 60.7 cm³/mol. The standard InChI is InChI=1S/C12H14S/c1-4-11-7-10-6-5-8(2)9(3)12(10)13-11/h5-7H,4H2,1-3H3. The summed E-state index contributed by atoms with van der Waals surface area (Å²) in [5, 5.41) is 1.41. The molecule has 0 bridgehead atoms. The van der Waals surface area contributed by atoms with Gasteiger partial charge in [0.1, 0.15) is 0 Å². The van der Waals surface area contributed by atoms with Crippen molar-refractivity contribution in [3.8, 4) is 0 Å². The van der Waals surface area contributed by atoms with Gasteiger partial charge in [-0.3, -0.25) is 0 Å². The lowest BCUT2D eigenvalue weighted by Crippen LogP contribution is -1.77. The maximum Gasteiger partial charge on any atom is 0.0377 e. The van der Waals surface area contributed by atoms with E-state index in [1.165, 1.54) is 26.1 Å². The highest BCUT2D eigenvalue weighted by Crippen LogP contribution is 2.30. The molecule has 0 aliphatic rings. The van der Waals surface area contributed by atoms with E-state index in [2.05, 4.69) is 39.0 Å². The highest BCUT2D eigenvalue weighted by atomic mass is 32.1. The molecule has 0 aliphatic heterocycles. The number of hydrogen-bond acceptors (Lipinski definition) is 1. The molecular formula is C12H14S. The summed E-state index contributed by atoms with van der Waals surface area (Å²) in [6.07, 6.45) is 1.15. The summed E-state index contributed by atoms with van der Waals surface area (Å²) >= 11 is 1.94. The minimum Gasteiger partial charge on any atom is -0.140 e. The summed E-state index contributed by atoms with van der Waals surface area (Å²) in [6, 6.07) is 6.75. The van der Waals surface area contributed by atoms with Gasteiger partial charge in [-0.15, -0.1) is 11.3 Å². The van der Waals surface area contributed by atoms with Crippen molar-refractivity contribution in [2.45, 2.75) is 27.2 Å². The van der Waals surface area contributed by atoms with Gasteiger partial charge in [0.05, 0.1) is 0 Å². The van der Waals surface area contributed by atoms with E-state index in [0.717, 1.165) is 6.42 Å². The molecule has 0 nitrogen and oxygen atoms in total. The lowest BCUT2D eigenvalue weighted by molar-refractivity contribution is 1.19. The van der Waals surface area contributed by atoms with Crippen molar-refractivity contribution in [3.05, 3.63) is 34.2 Å². The van der Waals surface area contributed by atoms with E-state index >= 15 is 0 Å². The Hall–Kier alpha value is -0.820. The second-order valence-corrected chi connectivity index (χ2v) is 4.63. The highest BCUT2D eigenvalue weighted by molar-refractivity contribution is 7.19. The van der Waals surface area contributed by atoms with Gasteiger partial charge in [0.15, 0.2) is 0 Å². The van der Waals surface area contributed by atoms with Crippen molar-refractivity contribution < 1.29 is 0 Å². The summed E-state index contributed by atoms with van der Waals surface area (Å²) in [5.74, 6) is 0. The zero-order valence-electron chi connectivity index (χ0n) is 8.35. The normalized spacial score (nSPS) is 11.0. The molecule has 0 radical (unpaired) electrons. The van der Waals surface area contributed by atoms with E-state index in [4.69, 9.17) is 0 Å². The summed E-state index contributed by atoms with van der Waals surface area (Å²) < 4.78 is 1.47. The molecule has 0 fully saturated rings. The topological polar surface area (TPSA) is 0 Å². The largest absolute Gasteiger partial charge is 0.140 e. The molecule has 2 aromatic rings. The van der Waals surface area contributed by atoms with E-state index in [1.54, 1.807) is 0 Å². The van der Waals surface area contributed by atoms with E-state index in [0.29, 0.717) is 0 Å². The van der Waals surface area contributed by atoms with Gasteiger partial charge in [0.25, 0.3) is 0 Å². The molecule has 1 heteroatoms. The number of aryl methyl sites for hydroxylation is 3. The van der Waals surface area contributed by atoms with Gasteiger partial charge in [-0.1, -0.05) is 19.1 Å². The average Bonchev–Trinajstić information content (AvgIpc) is 2.55. The first kappa shape index (κ1) is 8.76. The van der Waals surface area contributed by atoms with Crippen LogP contribution in [-0.2, 0) is 6.42 Å². The monoisotopic (exact) mass is 190 g/mol. The van der Waals surface area contributed by atoms with Crippen LogP contribution in [0.4, 0.5) is 0 Å². The van der Waals surface area contributed by atoms with Crippen LogP contribution < -0.4 is 0 Å². The Morgan fingerprint density at radius 3 is 2.69 bits per heavy atom.